The Morgan fingerprint density at radius 3 is 2.09 bits per heavy atom. The van der Waals surface area contributed by atoms with Gasteiger partial charge in [0.1, 0.15) is 5.75 Å². The van der Waals surface area contributed by atoms with Crippen molar-refractivity contribution in [2.45, 2.75) is 32.3 Å². The molecule has 0 amide bonds. The lowest BCUT2D eigenvalue weighted by Crippen LogP contribution is -2.29. The zero-order valence-corrected chi connectivity index (χ0v) is 11.3. The Hall–Kier alpha value is -1.46. The molecule has 0 fully saturated rings. The molecule has 0 atom stereocenters. The fourth-order valence-corrected chi connectivity index (χ4v) is 1.32. The highest BCUT2D eigenvalue weighted by molar-refractivity contribution is 6.35. The second-order valence-corrected chi connectivity index (χ2v) is 4.37. The number of halogens is 6. The average Bonchev–Trinajstić information content (AvgIpc) is 2.33. The summed E-state index contributed by atoms with van der Waals surface area (Å²) in [5, 5.41) is 9.22. The van der Waals surface area contributed by atoms with Gasteiger partial charge in [0.25, 0.3) is 0 Å². The Bertz CT molecular complexity index is 502. The Morgan fingerprint density at radius 2 is 1.64 bits per heavy atom. The van der Waals surface area contributed by atoms with Gasteiger partial charge in [-0.1, -0.05) is 0 Å². The molecule has 0 radical (unpaired) electrons. The maximum Gasteiger partial charge on any atom is 0.739 e. The molecule has 1 aromatic carbocycles. The van der Waals surface area contributed by atoms with E-state index >= 15 is 0 Å². The van der Waals surface area contributed by atoms with Gasteiger partial charge in [-0.2, -0.15) is 26.3 Å². The number of hydrogen-bond acceptors (Lipinski definition) is 4. The van der Waals surface area contributed by atoms with Crippen LogP contribution in [0.15, 0.2) is 18.2 Å². The third-order valence-corrected chi connectivity index (χ3v) is 2.17. The fraction of sp³-hybridized carbons (Fsp3) is 0.455. The van der Waals surface area contributed by atoms with Crippen LogP contribution < -0.4 is 4.65 Å². The summed E-state index contributed by atoms with van der Waals surface area (Å²) in [6.45, 7) is 2.97. The van der Waals surface area contributed by atoms with Crippen LogP contribution in [-0.2, 0) is 22.0 Å². The monoisotopic (exact) mass is 332 g/mol. The van der Waals surface area contributed by atoms with Crippen molar-refractivity contribution in [3.63, 3.8) is 0 Å². The lowest BCUT2D eigenvalue weighted by Gasteiger charge is -2.17. The smallest absolute Gasteiger partial charge is 0.510 e. The van der Waals surface area contributed by atoms with Gasteiger partial charge in [0.05, 0.1) is 17.2 Å². The highest BCUT2D eigenvalue weighted by Gasteiger charge is 2.39. The molecule has 0 bridgehead atoms. The first-order valence-corrected chi connectivity index (χ1v) is 5.86. The molecule has 0 spiro atoms. The Morgan fingerprint density at radius 1 is 1.05 bits per heavy atom. The molecule has 1 N–H and O–H groups in total. The summed E-state index contributed by atoms with van der Waals surface area (Å²) in [4.78, 5) is 8.61. The first-order valence-electron chi connectivity index (χ1n) is 5.86. The van der Waals surface area contributed by atoms with Crippen LogP contribution in [0, 0.1) is 0 Å². The summed E-state index contributed by atoms with van der Waals surface area (Å²) >= 11 is 0. The predicted octanol–water partition coefficient (Wildman–Crippen LogP) is 3.44. The van der Waals surface area contributed by atoms with Gasteiger partial charge in [0, 0.05) is 0 Å². The molecule has 22 heavy (non-hydrogen) atoms. The van der Waals surface area contributed by atoms with E-state index in [1.54, 1.807) is 0 Å². The first kappa shape index (κ1) is 18.6. The molecule has 1 rings (SSSR count). The number of benzene rings is 1. The van der Waals surface area contributed by atoms with Crippen molar-refractivity contribution in [1.29, 1.82) is 0 Å². The minimum atomic E-state index is -4.97. The zero-order valence-electron chi connectivity index (χ0n) is 11.3. The summed E-state index contributed by atoms with van der Waals surface area (Å²) in [6.07, 6.45) is -10.4. The third-order valence-electron chi connectivity index (χ3n) is 2.17. The molecular formula is C11H11BF6O4. The summed E-state index contributed by atoms with van der Waals surface area (Å²) in [7, 11) is -2.33. The molecule has 1 aromatic rings. The molecule has 11 heteroatoms. The molecule has 0 aliphatic rings. The van der Waals surface area contributed by atoms with Crippen LogP contribution in [0.5, 0.6) is 5.75 Å². The minimum absolute atomic E-state index is 0.116. The Balaban J connectivity index is 3.07. The summed E-state index contributed by atoms with van der Waals surface area (Å²) < 4.78 is 80.1. The molecule has 0 heterocycles. The van der Waals surface area contributed by atoms with Gasteiger partial charge in [-0.15, -0.1) is 0 Å². The van der Waals surface area contributed by atoms with Gasteiger partial charge in [0.2, 0.25) is 0 Å². The van der Waals surface area contributed by atoms with Crippen LogP contribution in [0.2, 0.25) is 0 Å². The topological polar surface area (TPSA) is 47.9 Å². The molecule has 124 valence electrons. The van der Waals surface area contributed by atoms with E-state index in [0.717, 1.165) is 0 Å². The number of rotatable bonds is 5. The van der Waals surface area contributed by atoms with Gasteiger partial charge < -0.3 is 9.68 Å². The second kappa shape index (κ2) is 6.76. The molecule has 0 aromatic heterocycles. The molecule has 0 saturated carbocycles. The van der Waals surface area contributed by atoms with Gasteiger partial charge in [-0.3, -0.25) is 0 Å². The first-order chi connectivity index (χ1) is 9.91. The van der Waals surface area contributed by atoms with Crippen molar-refractivity contribution in [3.05, 3.63) is 29.3 Å². The second-order valence-electron chi connectivity index (χ2n) is 4.37. The van der Waals surface area contributed by atoms with Crippen molar-refractivity contribution in [1.82, 2.24) is 0 Å². The minimum Gasteiger partial charge on any atom is -0.510 e. The van der Waals surface area contributed by atoms with Gasteiger partial charge in [-0.25, -0.2) is 9.69 Å². The SMILES string of the molecule is CC(C)OOB(O)Oc1cc(C(F)(F)F)ccc1C(F)(F)F. The van der Waals surface area contributed by atoms with Crippen molar-refractivity contribution < 1.29 is 45.7 Å². The van der Waals surface area contributed by atoms with E-state index in [0.29, 0.717) is 0 Å². The van der Waals surface area contributed by atoms with Crippen molar-refractivity contribution in [3.8, 4) is 5.75 Å². The van der Waals surface area contributed by atoms with Crippen LogP contribution >= 0.6 is 0 Å². The Kier molecular flexibility index (Phi) is 5.71. The molecular weight excluding hydrogens is 321 g/mol. The molecule has 0 saturated heterocycles. The van der Waals surface area contributed by atoms with Crippen molar-refractivity contribution in [2.24, 2.45) is 0 Å². The van der Waals surface area contributed by atoms with Crippen LogP contribution in [0.4, 0.5) is 26.3 Å². The average molecular weight is 332 g/mol. The zero-order chi connectivity index (χ0) is 17.1. The predicted molar refractivity (Wildman–Crippen MR) is 62.4 cm³/mol. The third kappa shape index (κ3) is 5.39. The van der Waals surface area contributed by atoms with Crippen molar-refractivity contribution >= 4 is 7.32 Å². The van der Waals surface area contributed by atoms with Gasteiger partial charge in [0.15, 0.2) is 0 Å². The van der Waals surface area contributed by atoms with Gasteiger partial charge in [-0.05, 0) is 32.0 Å². The summed E-state index contributed by atoms with van der Waals surface area (Å²) in [5.41, 5.74) is -2.86. The Labute approximate surface area is 121 Å². The molecule has 0 unspecified atom stereocenters. The van der Waals surface area contributed by atoms with Crippen LogP contribution in [0.3, 0.4) is 0 Å². The van der Waals surface area contributed by atoms with Crippen LogP contribution in [0.1, 0.15) is 25.0 Å². The standard InChI is InChI=1S/C11H11BF6O4/c1-6(2)21-22-12(19)20-9-5-7(10(13,14)15)3-4-8(9)11(16,17)18/h3-6,19H,1-2H3. The lowest BCUT2D eigenvalue weighted by atomic mass is 10.1. The largest absolute Gasteiger partial charge is 0.739 e. The maximum absolute atomic E-state index is 12.7. The molecule has 0 aliphatic heterocycles. The van der Waals surface area contributed by atoms with E-state index in [1.165, 1.54) is 13.8 Å². The van der Waals surface area contributed by atoms with Crippen molar-refractivity contribution in [2.75, 3.05) is 0 Å². The van der Waals surface area contributed by atoms with E-state index in [9.17, 15) is 31.4 Å². The summed E-state index contributed by atoms with van der Waals surface area (Å²) in [5.74, 6) is -1.23. The van der Waals surface area contributed by atoms with E-state index in [2.05, 4.69) is 14.3 Å². The fourth-order valence-electron chi connectivity index (χ4n) is 1.32. The quantitative estimate of drug-likeness (QED) is 0.388. The number of hydrogen-bond donors (Lipinski definition) is 1. The van der Waals surface area contributed by atoms with Gasteiger partial charge >= 0.3 is 19.7 Å². The molecule has 0 aliphatic carbocycles. The summed E-state index contributed by atoms with van der Waals surface area (Å²) in [6, 6.07) is 0.576. The van der Waals surface area contributed by atoms with E-state index in [4.69, 9.17) is 0 Å². The van der Waals surface area contributed by atoms with Crippen LogP contribution in [-0.4, -0.2) is 18.4 Å². The number of alkyl halides is 6. The normalized spacial score (nSPS) is 12.6. The maximum atomic E-state index is 12.7. The highest BCUT2D eigenvalue weighted by atomic mass is 19.4. The van der Waals surface area contributed by atoms with E-state index in [1.807, 2.05) is 0 Å². The lowest BCUT2D eigenvalue weighted by molar-refractivity contribution is -0.258. The van der Waals surface area contributed by atoms with E-state index in [-0.39, 0.29) is 18.2 Å². The molecule has 4 nitrogen and oxygen atoms in total. The van der Waals surface area contributed by atoms with Crippen LogP contribution in [0.25, 0.3) is 0 Å². The highest BCUT2D eigenvalue weighted by Crippen LogP contribution is 2.40. The van der Waals surface area contributed by atoms with E-state index < -0.39 is 42.7 Å².